The van der Waals surface area contributed by atoms with Crippen LogP contribution in [0.5, 0.6) is 0 Å². The van der Waals surface area contributed by atoms with E-state index < -0.39 is 21.5 Å². The first-order valence-corrected chi connectivity index (χ1v) is 8.04. The summed E-state index contributed by atoms with van der Waals surface area (Å²) in [7, 11) is -2.80. The summed E-state index contributed by atoms with van der Waals surface area (Å²) in [4.78, 5) is 0.409. The lowest BCUT2D eigenvalue weighted by Gasteiger charge is -2.07. The summed E-state index contributed by atoms with van der Waals surface area (Å²) in [5.41, 5.74) is -0.161. The summed E-state index contributed by atoms with van der Waals surface area (Å²) in [6.07, 6.45) is -3.02. The zero-order chi connectivity index (χ0) is 16.4. The van der Waals surface area contributed by atoms with Gasteiger partial charge in [-0.3, -0.25) is 0 Å². The van der Waals surface area contributed by atoms with Crippen molar-refractivity contribution in [2.75, 3.05) is 6.26 Å². The lowest BCUT2D eigenvalue weighted by Crippen LogP contribution is -2.03. The molecule has 1 atom stereocenters. The maximum Gasteiger partial charge on any atom is 0.416 e. The predicted molar refractivity (Wildman–Crippen MR) is 77.0 cm³/mol. The van der Waals surface area contributed by atoms with Crippen molar-refractivity contribution >= 4 is 15.4 Å². The van der Waals surface area contributed by atoms with Crippen LogP contribution in [-0.2, 0) is 15.9 Å². The largest absolute Gasteiger partial charge is 0.416 e. The zero-order valence-corrected chi connectivity index (χ0v) is 12.3. The van der Waals surface area contributed by atoms with E-state index in [9.17, 15) is 17.4 Å². The van der Waals surface area contributed by atoms with E-state index in [4.69, 9.17) is 5.26 Å². The highest BCUT2D eigenvalue weighted by Crippen LogP contribution is 2.30. The maximum atomic E-state index is 12.6. The molecule has 2 rings (SSSR count). The molecule has 3 nitrogen and oxygen atoms in total. The second kappa shape index (κ2) is 5.81. The molecule has 0 heterocycles. The zero-order valence-electron chi connectivity index (χ0n) is 11.5. The molecule has 1 unspecified atom stereocenters. The Morgan fingerprint density at radius 1 is 1.05 bits per heavy atom. The van der Waals surface area contributed by atoms with Gasteiger partial charge in [-0.1, -0.05) is 0 Å². The first kappa shape index (κ1) is 16.0. The molecule has 2 aromatic rings. The molecule has 0 fully saturated rings. The van der Waals surface area contributed by atoms with Crippen LogP contribution in [0.1, 0.15) is 11.1 Å². The van der Waals surface area contributed by atoms with Crippen LogP contribution in [0, 0.1) is 11.3 Å². The fraction of sp³-hybridized carbons (Fsp3) is 0.133. The Bertz CT molecular complexity index is 825. The summed E-state index contributed by atoms with van der Waals surface area (Å²) in [5, 5.41) is 8.72. The van der Waals surface area contributed by atoms with Gasteiger partial charge in [-0.15, -0.1) is 0 Å². The standard InChI is InChI=1S/C15H11F3N2OS/c1-22(21,14-8-2-11(10-19)3-9-14)20-13-6-4-12(5-7-13)15(16,17)18/h2-9H,1H3. The lowest BCUT2D eigenvalue weighted by atomic mass is 10.2. The Morgan fingerprint density at radius 3 is 2.05 bits per heavy atom. The molecule has 2 aromatic carbocycles. The number of hydrogen-bond donors (Lipinski definition) is 0. The third kappa shape index (κ3) is 3.65. The topological polar surface area (TPSA) is 53.2 Å². The quantitative estimate of drug-likeness (QED) is 0.824. The molecule has 0 amide bonds. The van der Waals surface area contributed by atoms with Gasteiger partial charge in [-0.25, -0.2) is 4.21 Å². The van der Waals surface area contributed by atoms with Crippen molar-refractivity contribution in [1.82, 2.24) is 0 Å². The second-order valence-corrected chi connectivity index (χ2v) is 6.83. The Labute approximate surface area is 126 Å². The summed E-state index contributed by atoms with van der Waals surface area (Å²) in [6.45, 7) is 0. The second-order valence-electron chi connectivity index (χ2n) is 4.57. The third-order valence-electron chi connectivity index (χ3n) is 2.89. The van der Waals surface area contributed by atoms with Gasteiger partial charge in [-0.2, -0.15) is 22.8 Å². The van der Waals surface area contributed by atoms with E-state index >= 15 is 0 Å². The van der Waals surface area contributed by atoms with Crippen molar-refractivity contribution in [2.45, 2.75) is 11.1 Å². The Kier molecular flexibility index (Phi) is 4.24. The molecule has 0 radical (unpaired) electrons. The molecule has 22 heavy (non-hydrogen) atoms. The van der Waals surface area contributed by atoms with E-state index in [1.807, 2.05) is 6.07 Å². The van der Waals surface area contributed by atoms with E-state index in [1.54, 1.807) is 0 Å². The van der Waals surface area contributed by atoms with Crippen LogP contribution >= 0.6 is 0 Å². The minimum atomic E-state index is -4.42. The Balaban J connectivity index is 2.38. The summed E-state index contributed by atoms with van der Waals surface area (Å²) < 4.78 is 54.0. The highest BCUT2D eigenvalue weighted by atomic mass is 32.2. The molecular formula is C15H11F3N2OS. The molecule has 0 aliphatic carbocycles. The van der Waals surface area contributed by atoms with Gasteiger partial charge in [0.25, 0.3) is 0 Å². The summed E-state index contributed by atoms with van der Waals surface area (Å²) in [5.74, 6) is 0. The molecule has 0 aliphatic rings. The lowest BCUT2D eigenvalue weighted by molar-refractivity contribution is -0.137. The van der Waals surface area contributed by atoms with Gasteiger partial charge in [0.2, 0.25) is 0 Å². The normalized spacial score (nSPS) is 14.0. The maximum absolute atomic E-state index is 12.6. The molecular weight excluding hydrogens is 313 g/mol. The average molecular weight is 324 g/mol. The van der Waals surface area contributed by atoms with E-state index in [-0.39, 0.29) is 5.69 Å². The van der Waals surface area contributed by atoms with Crippen LogP contribution in [-0.4, -0.2) is 10.5 Å². The van der Waals surface area contributed by atoms with E-state index in [1.165, 1.54) is 42.7 Å². The fourth-order valence-electron chi connectivity index (χ4n) is 1.75. The Hall–Kier alpha value is -2.33. The molecule has 0 aliphatic heterocycles. The van der Waals surface area contributed by atoms with Crippen LogP contribution < -0.4 is 0 Å². The first-order valence-electron chi connectivity index (χ1n) is 6.12. The molecule has 7 heteroatoms. The van der Waals surface area contributed by atoms with Gasteiger partial charge in [0, 0.05) is 11.2 Å². The molecule has 0 bridgehead atoms. The van der Waals surface area contributed by atoms with Crippen molar-refractivity contribution in [3.63, 3.8) is 0 Å². The van der Waals surface area contributed by atoms with Gasteiger partial charge in [0.15, 0.2) is 0 Å². The van der Waals surface area contributed by atoms with Gasteiger partial charge < -0.3 is 0 Å². The number of alkyl halides is 3. The monoisotopic (exact) mass is 324 g/mol. The molecule has 0 spiro atoms. The van der Waals surface area contributed by atoms with Crippen LogP contribution in [0.2, 0.25) is 0 Å². The van der Waals surface area contributed by atoms with E-state index in [2.05, 4.69) is 4.36 Å². The van der Waals surface area contributed by atoms with Gasteiger partial charge in [0.1, 0.15) is 0 Å². The minimum absolute atomic E-state index is 0.199. The van der Waals surface area contributed by atoms with Crippen molar-refractivity contribution in [2.24, 2.45) is 4.36 Å². The van der Waals surface area contributed by atoms with Gasteiger partial charge in [-0.05, 0) is 48.5 Å². The smallest absolute Gasteiger partial charge is 0.245 e. The number of rotatable bonds is 2. The molecule has 0 saturated heterocycles. The molecule has 0 saturated carbocycles. The molecule has 0 N–H and O–H groups in total. The molecule has 114 valence electrons. The SMILES string of the molecule is CS(=O)(=Nc1ccc(C(F)(F)F)cc1)c1ccc(C#N)cc1. The van der Waals surface area contributed by atoms with E-state index in [0.29, 0.717) is 10.5 Å². The van der Waals surface area contributed by atoms with Crippen molar-refractivity contribution in [1.29, 1.82) is 5.26 Å². The third-order valence-corrected chi connectivity index (χ3v) is 4.60. The number of nitrogens with zero attached hydrogens (tertiary/aromatic N) is 2. The minimum Gasteiger partial charge on any atom is -0.245 e. The molecule has 0 aromatic heterocycles. The van der Waals surface area contributed by atoms with E-state index in [0.717, 1.165) is 12.1 Å². The summed E-state index contributed by atoms with van der Waals surface area (Å²) in [6, 6.07) is 12.2. The van der Waals surface area contributed by atoms with Crippen molar-refractivity contribution in [3.05, 3.63) is 59.7 Å². The highest BCUT2D eigenvalue weighted by Gasteiger charge is 2.29. The van der Waals surface area contributed by atoms with Crippen LogP contribution in [0.15, 0.2) is 57.8 Å². The first-order chi connectivity index (χ1) is 10.2. The fourth-order valence-corrected chi connectivity index (χ4v) is 3.02. The van der Waals surface area contributed by atoms with Crippen molar-refractivity contribution < 1.29 is 17.4 Å². The average Bonchev–Trinajstić information content (AvgIpc) is 2.46. The van der Waals surface area contributed by atoms with Gasteiger partial charge >= 0.3 is 6.18 Å². The number of nitriles is 1. The Morgan fingerprint density at radius 2 is 1.59 bits per heavy atom. The van der Waals surface area contributed by atoms with Crippen molar-refractivity contribution in [3.8, 4) is 6.07 Å². The summed E-state index contributed by atoms with van der Waals surface area (Å²) >= 11 is 0. The highest BCUT2D eigenvalue weighted by molar-refractivity contribution is 7.93. The number of benzene rings is 2. The predicted octanol–water partition coefficient (Wildman–Crippen LogP) is 4.37. The van der Waals surface area contributed by atoms with Gasteiger partial charge in [0.05, 0.1) is 32.6 Å². The van der Waals surface area contributed by atoms with Crippen LogP contribution in [0.25, 0.3) is 0 Å². The van der Waals surface area contributed by atoms with Crippen LogP contribution in [0.4, 0.5) is 18.9 Å². The number of halogens is 3. The van der Waals surface area contributed by atoms with Crippen LogP contribution in [0.3, 0.4) is 0 Å². The number of hydrogen-bond acceptors (Lipinski definition) is 3.